The Hall–Kier alpha value is 0.130. The fraction of sp³-hybridized carbons (Fsp3) is 0.333. The van der Waals surface area contributed by atoms with Gasteiger partial charge in [0.15, 0.2) is 0 Å². The van der Waals surface area contributed by atoms with Gasteiger partial charge in [0.05, 0.1) is 10.4 Å². The van der Waals surface area contributed by atoms with Gasteiger partial charge in [0, 0.05) is 14.2 Å². The maximum absolute atomic E-state index is 6.16. The van der Waals surface area contributed by atoms with E-state index in [-0.39, 0.29) is 6.04 Å². The molecule has 0 radical (unpaired) electrons. The number of aryl methyl sites for hydroxylation is 1. The quantitative estimate of drug-likeness (QED) is 0.796. The Bertz CT molecular complexity index is 487. The second-order valence-corrected chi connectivity index (χ2v) is 7.22. The average molecular weight is 351 g/mol. The fourth-order valence-electron chi connectivity index (χ4n) is 1.66. The van der Waals surface area contributed by atoms with Gasteiger partial charge in [-0.1, -0.05) is 18.5 Å². The zero-order chi connectivity index (χ0) is 12.4. The summed E-state index contributed by atoms with van der Waals surface area (Å²) in [6, 6.07) is 4.50. The van der Waals surface area contributed by atoms with E-state index in [1.54, 1.807) is 22.7 Å². The van der Waals surface area contributed by atoms with Crippen LogP contribution in [0.15, 0.2) is 22.0 Å². The molecule has 0 aromatic carbocycles. The summed E-state index contributed by atoms with van der Waals surface area (Å²) in [5.41, 5.74) is 1.15. The summed E-state index contributed by atoms with van der Waals surface area (Å²) < 4.78 is 2.05. The highest BCUT2D eigenvalue weighted by atomic mass is 79.9. The minimum absolute atomic E-state index is 0.241. The minimum Gasteiger partial charge on any atom is -0.305 e. The molecule has 0 fully saturated rings. The SMILES string of the molecule is CCNC(c1cc(C)c(Cl)s1)c1sccc1Br. The van der Waals surface area contributed by atoms with Crippen LogP contribution in [0.3, 0.4) is 0 Å². The number of hydrogen-bond donors (Lipinski definition) is 1. The van der Waals surface area contributed by atoms with Crippen molar-refractivity contribution < 1.29 is 0 Å². The zero-order valence-corrected chi connectivity index (χ0v) is 13.6. The molecule has 2 aromatic heterocycles. The Balaban J connectivity index is 2.39. The molecule has 2 rings (SSSR count). The van der Waals surface area contributed by atoms with Crippen LogP contribution in [0.2, 0.25) is 4.34 Å². The van der Waals surface area contributed by atoms with Gasteiger partial charge in [-0.15, -0.1) is 22.7 Å². The first kappa shape index (κ1) is 13.6. The molecule has 17 heavy (non-hydrogen) atoms. The van der Waals surface area contributed by atoms with Crippen LogP contribution in [0.1, 0.15) is 28.3 Å². The van der Waals surface area contributed by atoms with E-state index in [0.29, 0.717) is 0 Å². The van der Waals surface area contributed by atoms with Gasteiger partial charge >= 0.3 is 0 Å². The Morgan fingerprint density at radius 2 is 2.29 bits per heavy atom. The van der Waals surface area contributed by atoms with Crippen molar-refractivity contribution in [2.75, 3.05) is 6.54 Å². The summed E-state index contributed by atoms with van der Waals surface area (Å²) in [6.07, 6.45) is 0. The Kier molecular flexibility index (Phi) is 4.66. The molecule has 0 spiro atoms. The molecule has 0 aliphatic rings. The minimum atomic E-state index is 0.241. The van der Waals surface area contributed by atoms with Crippen LogP contribution >= 0.6 is 50.2 Å². The van der Waals surface area contributed by atoms with Gasteiger partial charge in [-0.05, 0) is 52.5 Å². The van der Waals surface area contributed by atoms with E-state index in [2.05, 4.69) is 52.6 Å². The Morgan fingerprint density at radius 3 is 2.76 bits per heavy atom. The highest BCUT2D eigenvalue weighted by Gasteiger charge is 2.19. The molecule has 0 amide bonds. The average Bonchev–Trinajstić information content (AvgIpc) is 2.83. The van der Waals surface area contributed by atoms with E-state index in [1.165, 1.54) is 9.75 Å². The standard InChI is InChI=1S/C12H13BrClNS2/c1-3-15-10(11-8(13)4-5-16-11)9-6-7(2)12(14)17-9/h4-6,10,15H,3H2,1-2H3. The first-order valence-electron chi connectivity index (χ1n) is 5.35. The van der Waals surface area contributed by atoms with E-state index >= 15 is 0 Å². The van der Waals surface area contributed by atoms with Crippen molar-refractivity contribution in [1.82, 2.24) is 5.32 Å². The fourth-order valence-corrected chi connectivity index (χ4v) is 4.74. The molecule has 1 N–H and O–H groups in total. The molecule has 2 heterocycles. The van der Waals surface area contributed by atoms with Crippen LogP contribution in [0.25, 0.3) is 0 Å². The van der Waals surface area contributed by atoms with Gasteiger partial charge in [-0.25, -0.2) is 0 Å². The van der Waals surface area contributed by atoms with Crippen LogP contribution < -0.4 is 5.32 Å². The van der Waals surface area contributed by atoms with Gasteiger partial charge in [0.25, 0.3) is 0 Å². The molecule has 0 aliphatic heterocycles. The number of hydrogen-bond acceptors (Lipinski definition) is 3. The number of nitrogens with one attached hydrogen (secondary N) is 1. The third-order valence-electron chi connectivity index (χ3n) is 2.48. The lowest BCUT2D eigenvalue weighted by Crippen LogP contribution is -2.20. The van der Waals surface area contributed by atoms with E-state index in [1.807, 2.05) is 0 Å². The van der Waals surface area contributed by atoms with Crippen molar-refractivity contribution in [2.45, 2.75) is 19.9 Å². The maximum Gasteiger partial charge on any atom is 0.0961 e. The highest BCUT2D eigenvalue weighted by Crippen LogP contribution is 2.38. The van der Waals surface area contributed by atoms with Crippen LogP contribution in [0.5, 0.6) is 0 Å². The second-order valence-electron chi connectivity index (χ2n) is 3.73. The molecule has 1 unspecified atom stereocenters. The largest absolute Gasteiger partial charge is 0.305 e. The summed E-state index contributed by atoms with van der Waals surface area (Å²) in [5.74, 6) is 0. The van der Waals surface area contributed by atoms with E-state index in [4.69, 9.17) is 11.6 Å². The first-order chi connectivity index (χ1) is 8.13. The lowest BCUT2D eigenvalue weighted by atomic mass is 10.2. The Labute approximate surface area is 123 Å². The second kappa shape index (κ2) is 5.85. The number of halogens is 2. The van der Waals surface area contributed by atoms with Crippen LogP contribution in [-0.4, -0.2) is 6.54 Å². The van der Waals surface area contributed by atoms with Gasteiger partial charge in [-0.3, -0.25) is 0 Å². The highest BCUT2D eigenvalue weighted by molar-refractivity contribution is 9.10. The van der Waals surface area contributed by atoms with Crippen molar-refractivity contribution in [1.29, 1.82) is 0 Å². The van der Waals surface area contributed by atoms with Crippen molar-refractivity contribution in [2.24, 2.45) is 0 Å². The van der Waals surface area contributed by atoms with Crippen molar-refractivity contribution in [3.63, 3.8) is 0 Å². The molecule has 5 heteroatoms. The molecule has 2 aromatic rings. The predicted molar refractivity (Wildman–Crippen MR) is 81.6 cm³/mol. The topological polar surface area (TPSA) is 12.0 Å². The predicted octanol–water partition coefficient (Wildman–Crippen LogP) is 5.23. The van der Waals surface area contributed by atoms with E-state index in [0.717, 1.165) is 20.9 Å². The summed E-state index contributed by atoms with van der Waals surface area (Å²) in [5, 5.41) is 5.62. The van der Waals surface area contributed by atoms with Crippen LogP contribution in [0, 0.1) is 6.92 Å². The molecule has 0 aliphatic carbocycles. The molecule has 0 saturated carbocycles. The van der Waals surface area contributed by atoms with Crippen molar-refractivity contribution in [3.8, 4) is 0 Å². The molecule has 0 bridgehead atoms. The smallest absolute Gasteiger partial charge is 0.0961 e. The monoisotopic (exact) mass is 349 g/mol. The van der Waals surface area contributed by atoms with Gasteiger partial charge in [0.1, 0.15) is 0 Å². The molecule has 92 valence electrons. The maximum atomic E-state index is 6.16. The molecule has 1 nitrogen and oxygen atoms in total. The van der Waals surface area contributed by atoms with Gasteiger partial charge in [-0.2, -0.15) is 0 Å². The summed E-state index contributed by atoms with van der Waals surface area (Å²) in [4.78, 5) is 2.59. The lowest BCUT2D eigenvalue weighted by Gasteiger charge is -2.15. The molecular weight excluding hydrogens is 338 g/mol. The summed E-state index contributed by atoms with van der Waals surface area (Å²) >= 11 is 13.2. The zero-order valence-electron chi connectivity index (χ0n) is 9.59. The van der Waals surface area contributed by atoms with Gasteiger partial charge in [0.2, 0.25) is 0 Å². The third kappa shape index (κ3) is 2.93. The number of rotatable bonds is 4. The normalized spacial score (nSPS) is 12.9. The molecule has 0 saturated heterocycles. The first-order valence-corrected chi connectivity index (χ1v) is 8.22. The van der Waals surface area contributed by atoms with E-state index < -0.39 is 0 Å². The van der Waals surface area contributed by atoms with Crippen LogP contribution in [-0.2, 0) is 0 Å². The molecular formula is C12H13BrClNS2. The van der Waals surface area contributed by atoms with Crippen molar-refractivity contribution >= 4 is 50.2 Å². The Morgan fingerprint density at radius 1 is 1.53 bits per heavy atom. The third-order valence-corrected chi connectivity index (χ3v) is 6.03. The lowest BCUT2D eigenvalue weighted by molar-refractivity contribution is 0.647. The van der Waals surface area contributed by atoms with Gasteiger partial charge < -0.3 is 5.32 Å². The number of thiophene rings is 2. The van der Waals surface area contributed by atoms with Crippen LogP contribution in [0.4, 0.5) is 0 Å². The van der Waals surface area contributed by atoms with Crippen molar-refractivity contribution in [3.05, 3.63) is 41.6 Å². The summed E-state index contributed by atoms with van der Waals surface area (Å²) in [6.45, 7) is 5.11. The molecule has 1 atom stereocenters. The van der Waals surface area contributed by atoms with E-state index in [9.17, 15) is 0 Å². The summed E-state index contributed by atoms with van der Waals surface area (Å²) in [7, 11) is 0.